The number of piperidine rings is 1. The zero-order chi connectivity index (χ0) is 20.4. The molecule has 0 aliphatic carbocycles. The molecule has 2 aliphatic heterocycles. The second kappa shape index (κ2) is 8.69. The second-order valence-corrected chi connectivity index (χ2v) is 11.3. The SMILES string of the molecule is CCCN(CCC)S(=O)(=O)N1CCc2cc(S(=O)(=O)N3CCCCC3)ccc21. The summed E-state index contributed by atoms with van der Waals surface area (Å²) in [5.41, 5.74) is 1.39. The molecule has 1 aromatic rings. The van der Waals surface area contributed by atoms with Crippen molar-refractivity contribution in [1.29, 1.82) is 0 Å². The van der Waals surface area contributed by atoms with Crippen LogP contribution in [0.2, 0.25) is 0 Å². The van der Waals surface area contributed by atoms with Crippen LogP contribution in [-0.4, -0.2) is 58.2 Å². The highest BCUT2D eigenvalue weighted by molar-refractivity contribution is 7.90. The van der Waals surface area contributed by atoms with Crippen LogP contribution in [-0.2, 0) is 26.7 Å². The lowest BCUT2D eigenvalue weighted by Crippen LogP contribution is -2.44. The van der Waals surface area contributed by atoms with Crippen LogP contribution in [0.25, 0.3) is 0 Å². The number of rotatable bonds is 8. The first-order valence-electron chi connectivity index (χ1n) is 10.2. The lowest BCUT2D eigenvalue weighted by atomic mass is 10.2. The zero-order valence-electron chi connectivity index (χ0n) is 16.8. The Morgan fingerprint density at radius 1 is 0.929 bits per heavy atom. The van der Waals surface area contributed by atoms with E-state index < -0.39 is 20.2 Å². The molecule has 0 atom stereocenters. The second-order valence-electron chi connectivity index (χ2n) is 7.48. The van der Waals surface area contributed by atoms with Gasteiger partial charge in [-0.25, -0.2) is 8.42 Å². The molecule has 9 heteroatoms. The average molecular weight is 430 g/mol. The molecule has 1 aromatic carbocycles. The van der Waals surface area contributed by atoms with Crippen molar-refractivity contribution >= 4 is 25.9 Å². The molecule has 0 unspecified atom stereocenters. The van der Waals surface area contributed by atoms with E-state index in [1.165, 1.54) is 8.61 Å². The van der Waals surface area contributed by atoms with Crippen LogP contribution in [0.3, 0.4) is 0 Å². The summed E-state index contributed by atoms with van der Waals surface area (Å²) in [5.74, 6) is 0. The van der Waals surface area contributed by atoms with Crippen molar-refractivity contribution in [3.63, 3.8) is 0 Å². The van der Waals surface area contributed by atoms with Crippen molar-refractivity contribution in [2.24, 2.45) is 0 Å². The van der Waals surface area contributed by atoms with Gasteiger partial charge in [0.2, 0.25) is 10.0 Å². The number of benzene rings is 1. The predicted octanol–water partition coefficient (Wildman–Crippen LogP) is 2.59. The largest absolute Gasteiger partial charge is 0.304 e. The quantitative estimate of drug-likeness (QED) is 0.636. The number of hydrogen-bond donors (Lipinski definition) is 0. The van der Waals surface area contributed by atoms with Crippen molar-refractivity contribution in [2.75, 3.05) is 37.0 Å². The van der Waals surface area contributed by atoms with Crippen LogP contribution in [0.4, 0.5) is 5.69 Å². The minimum absolute atomic E-state index is 0.270. The molecule has 0 bridgehead atoms. The van der Waals surface area contributed by atoms with Gasteiger partial charge in [-0.1, -0.05) is 20.3 Å². The lowest BCUT2D eigenvalue weighted by Gasteiger charge is -2.29. The maximum atomic E-state index is 13.1. The third-order valence-electron chi connectivity index (χ3n) is 5.41. The topological polar surface area (TPSA) is 78.0 Å². The van der Waals surface area contributed by atoms with E-state index in [4.69, 9.17) is 0 Å². The van der Waals surface area contributed by atoms with Crippen molar-refractivity contribution in [2.45, 2.75) is 57.3 Å². The van der Waals surface area contributed by atoms with Crippen molar-refractivity contribution in [3.8, 4) is 0 Å². The summed E-state index contributed by atoms with van der Waals surface area (Å²) in [5, 5.41) is 0. The van der Waals surface area contributed by atoms with Crippen molar-refractivity contribution in [1.82, 2.24) is 8.61 Å². The van der Waals surface area contributed by atoms with E-state index in [0.29, 0.717) is 44.8 Å². The van der Waals surface area contributed by atoms with E-state index in [9.17, 15) is 16.8 Å². The van der Waals surface area contributed by atoms with Gasteiger partial charge >= 0.3 is 10.2 Å². The van der Waals surface area contributed by atoms with Gasteiger partial charge in [-0.15, -0.1) is 0 Å². The molecule has 0 amide bonds. The molecule has 0 N–H and O–H groups in total. The summed E-state index contributed by atoms with van der Waals surface area (Å²) < 4.78 is 56.6. The molecule has 0 aromatic heterocycles. The van der Waals surface area contributed by atoms with Crippen LogP contribution < -0.4 is 4.31 Å². The Morgan fingerprint density at radius 2 is 1.57 bits per heavy atom. The van der Waals surface area contributed by atoms with E-state index in [1.807, 2.05) is 13.8 Å². The molecule has 7 nitrogen and oxygen atoms in total. The van der Waals surface area contributed by atoms with Crippen LogP contribution in [0, 0.1) is 0 Å². The van der Waals surface area contributed by atoms with E-state index >= 15 is 0 Å². The highest BCUT2D eigenvalue weighted by atomic mass is 32.2. The summed E-state index contributed by atoms with van der Waals surface area (Å²) in [6.07, 6.45) is 4.89. The fourth-order valence-electron chi connectivity index (χ4n) is 3.98. The highest BCUT2D eigenvalue weighted by Gasteiger charge is 2.35. The number of sulfonamides is 1. The summed E-state index contributed by atoms with van der Waals surface area (Å²) in [7, 11) is -7.12. The maximum Gasteiger partial charge on any atom is 0.304 e. The zero-order valence-corrected chi connectivity index (χ0v) is 18.4. The third-order valence-corrected chi connectivity index (χ3v) is 9.26. The Bertz CT molecular complexity index is 888. The molecular weight excluding hydrogens is 398 g/mol. The first-order valence-corrected chi connectivity index (χ1v) is 13.1. The Kier molecular flexibility index (Phi) is 6.69. The maximum absolute atomic E-state index is 13.1. The molecule has 2 heterocycles. The van der Waals surface area contributed by atoms with E-state index in [0.717, 1.165) is 37.7 Å². The summed E-state index contributed by atoms with van der Waals surface area (Å²) in [4.78, 5) is 0.270. The van der Waals surface area contributed by atoms with Gasteiger partial charge in [0, 0.05) is 32.7 Å². The lowest BCUT2D eigenvalue weighted by molar-refractivity contribution is 0.346. The van der Waals surface area contributed by atoms with Gasteiger partial charge in [-0.3, -0.25) is 4.31 Å². The molecular formula is C19H31N3O4S2. The van der Waals surface area contributed by atoms with Crippen LogP contribution in [0.1, 0.15) is 51.5 Å². The van der Waals surface area contributed by atoms with Gasteiger partial charge in [0.15, 0.2) is 0 Å². The third kappa shape index (κ3) is 4.08. The number of nitrogens with zero attached hydrogens (tertiary/aromatic N) is 3. The standard InChI is InChI=1S/C19H31N3O4S2/c1-3-11-21(12-4-2)28(25,26)22-15-10-17-16-18(8-9-19(17)22)27(23,24)20-13-6-5-7-14-20/h8-9,16H,3-7,10-15H2,1-2H3. The van der Waals surface area contributed by atoms with Gasteiger partial charge in [0.25, 0.3) is 0 Å². The molecule has 1 saturated heterocycles. The van der Waals surface area contributed by atoms with Gasteiger partial charge in [-0.2, -0.15) is 17.0 Å². The molecule has 158 valence electrons. The first-order chi connectivity index (χ1) is 13.3. The van der Waals surface area contributed by atoms with E-state index in [-0.39, 0.29) is 4.90 Å². The molecule has 28 heavy (non-hydrogen) atoms. The van der Waals surface area contributed by atoms with Gasteiger partial charge in [0.1, 0.15) is 0 Å². The molecule has 0 radical (unpaired) electrons. The van der Waals surface area contributed by atoms with Gasteiger partial charge < -0.3 is 0 Å². The summed E-state index contributed by atoms with van der Waals surface area (Å²) in [6, 6.07) is 4.88. The minimum Gasteiger partial charge on any atom is -0.257 e. The fraction of sp³-hybridized carbons (Fsp3) is 0.684. The Balaban J connectivity index is 1.88. The number of fused-ring (bicyclic) bond motifs is 1. The molecule has 2 aliphatic rings. The van der Waals surface area contributed by atoms with E-state index in [1.54, 1.807) is 22.5 Å². The van der Waals surface area contributed by atoms with Crippen LogP contribution >= 0.6 is 0 Å². The Hall–Kier alpha value is -1.16. The first kappa shape index (κ1) is 21.5. The summed E-state index contributed by atoms with van der Waals surface area (Å²) in [6.45, 7) is 6.38. The predicted molar refractivity (Wildman–Crippen MR) is 111 cm³/mol. The molecule has 1 fully saturated rings. The molecule has 3 rings (SSSR count). The number of hydrogen-bond acceptors (Lipinski definition) is 4. The highest BCUT2D eigenvalue weighted by Crippen LogP contribution is 2.34. The normalized spacial score (nSPS) is 18.6. The average Bonchev–Trinajstić information content (AvgIpc) is 3.12. The van der Waals surface area contributed by atoms with Crippen molar-refractivity contribution in [3.05, 3.63) is 23.8 Å². The van der Waals surface area contributed by atoms with Crippen LogP contribution in [0.5, 0.6) is 0 Å². The molecule has 0 saturated carbocycles. The Morgan fingerprint density at radius 3 is 2.18 bits per heavy atom. The van der Waals surface area contributed by atoms with Crippen molar-refractivity contribution < 1.29 is 16.8 Å². The fourth-order valence-corrected chi connectivity index (χ4v) is 7.41. The van der Waals surface area contributed by atoms with Gasteiger partial charge in [0.05, 0.1) is 10.6 Å². The van der Waals surface area contributed by atoms with Gasteiger partial charge in [-0.05, 0) is 55.9 Å². The van der Waals surface area contributed by atoms with Crippen LogP contribution in [0.15, 0.2) is 23.1 Å². The smallest absolute Gasteiger partial charge is 0.257 e. The summed E-state index contributed by atoms with van der Waals surface area (Å²) >= 11 is 0. The van der Waals surface area contributed by atoms with E-state index in [2.05, 4.69) is 0 Å². The minimum atomic E-state index is -3.60. The number of anilines is 1. The molecule has 0 spiro atoms. The Labute approximate surface area is 169 Å². The monoisotopic (exact) mass is 429 g/mol.